The van der Waals surface area contributed by atoms with Gasteiger partial charge in [0.1, 0.15) is 12.1 Å². The minimum Gasteiger partial charge on any atom is -0.480 e. The Morgan fingerprint density at radius 3 is 2.12 bits per heavy atom. The van der Waals surface area contributed by atoms with E-state index in [1.54, 1.807) is 24.2 Å². The number of rotatable bonds is 3. The first-order chi connectivity index (χ1) is 12.0. The number of nitrogens with zero attached hydrogens (tertiary/aromatic N) is 1. The molecular formula is C15H21N3O5S2. The van der Waals surface area contributed by atoms with E-state index in [0.717, 1.165) is 17.3 Å². The molecule has 0 aliphatic carbocycles. The lowest BCUT2D eigenvalue weighted by molar-refractivity contribution is -0.139. The molecule has 25 heavy (non-hydrogen) atoms. The molecule has 2 saturated heterocycles. The lowest BCUT2D eigenvalue weighted by Gasteiger charge is -2.10. The van der Waals surface area contributed by atoms with Crippen LogP contribution < -0.4 is 10.6 Å². The molecule has 1 unspecified atom stereocenters. The van der Waals surface area contributed by atoms with Crippen LogP contribution in [0.2, 0.25) is 0 Å². The Morgan fingerprint density at radius 1 is 1.12 bits per heavy atom. The van der Waals surface area contributed by atoms with E-state index in [2.05, 4.69) is 15.6 Å². The first kappa shape index (κ1) is 21.3. The second-order valence-electron chi connectivity index (χ2n) is 4.69. The van der Waals surface area contributed by atoms with Crippen LogP contribution in [0.4, 0.5) is 4.79 Å². The monoisotopic (exact) mass is 387 g/mol. The van der Waals surface area contributed by atoms with Gasteiger partial charge in [0.25, 0.3) is 5.24 Å². The number of amides is 1. The summed E-state index contributed by atoms with van der Waals surface area (Å²) in [6, 6.07) is 2.68. The van der Waals surface area contributed by atoms with Gasteiger partial charge in [-0.05, 0) is 17.7 Å². The van der Waals surface area contributed by atoms with Gasteiger partial charge < -0.3 is 15.5 Å². The van der Waals surface area contributed by atoms with Crippen LogP contribution in [-0.2, 0) is 9.59 Å². The molecule has 3 heterocycles. The number of hydrogen-bond donors (Lipinski definition) is 4. The number of carboxylic acid groups (broad SMARTS) is 2. The smallest absolute Gasteiger partial charge is 0.327 e. The number of nitrogens with one attached hydrogen (secondary N) is 2. The molecule has 3 rings (SSSR count). The van der Waals surface area contributed by atoms with E-state index in [1.165, 1.54) is 0 Å². The van der Waals surface area contributed by atoms with Gasteiger partial charge in [0.2, 0.25) is 0 Å². The Kier molecular flexibility index (Phi) is 9.32. The van der Waals surface area contributed by atoms with Crippen LogP contribution in [0.1, 0.15) is 24.8 Å². The predicted molar refractivity (Wildman–Crippen MR) is 97.8 cm³/mol. The summed E-state index contributed by atoms with van der Waals surface area (Å²) in [5.41, 5.74) is 1.08. The molecule has 0 bridgehead atoms. The average molecular weight is 387 g/mol. The highest BCUT2D eigenvalue weighted by atomic mass is 32.2. The molecule has 0 radical (unpaired) electrons. The summed E-state index contributed by atoms with van der Waals surface area (Å²) >= 11 is 2.62. The van der Waals surface area contributed by atoms with Crippen molar-refractivity contribution in [3.8, 4) is 0 Å². The Bertz CT molecular complexity index is 588. The molecule has 1 aromatic heterocycles. The van der Waals surface area contributed by atoms with Crippen molar-refractivity contribution in [1.82, 2.24) is 15.6 Å². The molecule has 8 nitrogen and oxygen atoms in total. The summed E-state index contributed by atoms with van der Waals surface area (Å²) in [6.45, 7) is 4.00. The molecule has 2 fully saturated rings. The van der Waals surface area contributed by atoms with Crippen molar-refractivity contribution in [2.24, 2.45) is 0 Å². The second kappa shape index (κ2) is 11.0. The number of thioether (sulfide) groups is 2. The maximum Gasteiger partial charge on any atom is 0.327 e. The van der Waals surface area contributed by atoms with E-state index >= 15 is 0 Å². The van der Waals surface area contributed by atoms with Crippen LogP contribution >= 0.6 is 23.5 Å². The largest absolute Gasteiger partial charge is 0.480 e. The molecule has 2 aliphatic rings. The minimum absolute atomic E-state index is 0.0825. The molecule has 1 aromatic rings. The van der Waals surface area contributed by atoms with Gasteiger partial charge in [-0.25, -0.2) is 4.79 Å². The lowest BCUT2D eigenvalue weighted by atomic mass is 10.2. The molecule has 2 aliphatic heterocycles. The van der Waals surface area contributed by atoms with Gasteiger partial charge in [0.05, 0.1) is 5.37 Å². The summed E-state index contributed by atoms with van der Waals surface area (Å²) in [5, 5.41) is 22.2. The molecule has 0 saturated carbocycles. The Morgan fingerprint density at radius 2 is 1.72 bits per heavy atom. The fourth-order valence-corrected chi connectivity index (χ4v) is 3.87. The average Bonchev–Trinajstić information content (AvgIpc) is 3.27. The van der Waals surface area contributed by atoms with Crippen LogP contribution in [0, 0.1) is 0 Å². The van der Waals surface area contributed by atoms with Gasteiger partial charge >= 0.3 is 11.9 Å². The zero-order valence-electron chi connectivity index (χ0n) is 13.8. The molecule has 0 aromatic carbocycles. The topological polar surface area (TPSA) is 129 Å². The number of pyridine rings is 1. The summed E-state index contributed by atoms with van der Waals surface area (Å²) < 4.78 is 0. The fourth-order valence-electron chi connectivity index (χ4n) is 1.86. The van der Waals surface area contributed by atoms with Crippen LogP contribution in [0.25, 0.3) is 0 Å². The third kappa shape index (κ3) is 6.92. The van der Waals surface area contributed by atoms with Crippen molar-refractivity contribution in [3.63, 3.8) is 0 Å². The van der Waals surface area contributed by atoms with Crippen molar-refractivity contribution in [2.75, 3.05) is 11.5 Å². The third-order valence-corrected chi connectivity index (χ3v) is 5.21. The Labute approximate surface area is 154 Å². The molecule has 0 spiro atoms. The summed E-state index contributed by atoms with van der Waals surface area (Å²) in [7, 11) is 0. The highest BCUT2D eigenvalue weighted by Gasteiger charge is 2.30. The third-order valence-electron chi connectivity index (χ3n) is 3.06. The zero-order chi connectivity index (χ0) is 18.8. The number of carbonyl (C=O) groups excluding carboxylic acids is 1. The number of aromatic nitrogens is 1. The number of carboxylic acids is 2. The van der Waals surface area contributed by atoms with Crippen molar-refractivity contribution in [2.45, 2.75) is 31.3 Å². The zero-order valence-corrected chi connectivity index (χ0v) is 15.5. The Hall–Kier alpha value is -1.78. The Balaban J connectivity index is 0.000000246. The maximum absolute atomic E-state index is 10.7. The highest BCUT2D eigenvalue weighted by Crippen LogP contribution is 2.32. The molecule has 4 N–H and O–H groups in total. The quantitative estimate of drug-likeness (QED) is 0.613. The van der Waals surface area contributed by atoms with Gasteiger partial charge in [-0.3, -0.25) is 19.9 Å². The first-order valence-corrected chi connectivity index (χ1v) is 9.67. The van der Waals surface area contributed by atoms with Crippen LogP contribution in [0.3, 0.4) is 0 Å². The molecule has 1 amide bonds. The molecule has 138 valence electrons. The van der Waals surface area contributed by atoms with Crippen molar-refractivity contribution >= 4 is 40.7 Å². The van der Waals surface area contributed by atoms with E-state index in [9.17, 15) is 14.4 Å². The molecule has 10 heteroatoms. The van der Waals surface area contributed by atoms with Gasteiger partial charge in [-0.1, -0.05) is 25.6 Å². The fraction of sp³-hybridized carbons (Fsp3) is 0.467. The van der Waals surface area contributed by atoms with Gasteiger partial charge in [0.15, 0.2) is 0 Å². The van der Waals surface area contributed by atoms with Crippen LogP contribution in [0.5, 0.6) is 0 Å². The maximum atomic E-state index is 10.7. The molecular weight excluding hydrogens is 366 g/mol. The number of aliphatic carboxylic acids is 2. The SMILES string of the molecule is CC.O=C(O)[C@@H]1CSC(c2ccncc2)N1.O=C1N[C@H](C(=O)O)CS1. The van der Waals surface area contributed by atoms with Crippen LogP contribution in [0.15, 0.2) is 24.5 Å². The normalized spacial score (nSPS) is 24.2. The minimum atomic E-state index is -0.964. The standard InChI is InChI=1S/C9H10N2O2S.C4H5NO3S.C2H6/c12-9(13)7-5-14-8(11-7)6-1-3-10-4-2-6;6-3(7)2-1-9-4(8)5-2;1-2/h1-4,7-8,11H,5H2,(H,12,13);2H,1H2,(H,5,8)(H,6,7);1-2H3/t7-,8?;2-;/m00./s1. The van der Waals surface area contributed by atoms with E-state index in [0.29, 0.717) is 11.5 Å². The van der Waals surface area contributed by atoms with Crippen LogP contribution in [-0.4, -0.2) is 56.0 Å². The summed E-state index contributed by atoms with van der Waals surface area (Å²) in [5.74, 6) is -0.793. The van der Waals surface area contributed by atoms with Crippen molar-refractivity contribution < 1.29 is 24.6 Å². The summed E-state index contributed by atoms with van der Waals surface area (Å²) in [6.07, 6.45) is 3.43. The van der Waals surface area contributed by atoms with Gasteiger partial charge in [-0.15, -0.1) is 11.8 Å². The van der Waals surface area contributed by atoms with E-state index in [4.69, 9.17) is 10.2 Å². The van der Waals surface area contributed by atoms with Crippen molar-refractivity contribution in [1.29, 1.82) is 0 Å². The predicted octanol–water partition coefficient (Wildman–Crippen LogP) is 1.79. The lowest BCUT2D eigenvalue weighted by Crippen LogP contribution is -2.33. The first-order valence-electron chi connectivity index (χ1n) is 7.64. The number of carbonyl (C=O) groups is 3. The van der Waals surface area contributed by atoms with Crippen molar-refractivity contribution in [3.05, 3.63) is 30.1 Å². The number of hydrogen-bond acceptors (Lipinski definition) is 7. The second-order valence-corrected chi connectivity index (χ2v) is 6.82. The molecule has 3 atom stereocenters. The van der Waals surface area contributed by atoms with E-state index in [1.807, 2.05) is 26.0 Å². The highest BCUT2D eigenvalue weighted by molar-refractivity contribution is 8.14. The van der Waals surface area contributed by atoms with E-state index < -0.39 is 24.0 Å². The summed E-state index contributed by atoms with van der Waals surface area (Å²) in [4.78, 5) is 35.1. The van der Waals surface area contributed by atoms with E-state index in [-0.39, 0.29) is 10.6 Å². The van der Waals surface area contributed by atoms with Gasteiger partial charge in [-0.2, -0.15) is 0 Å². The van der Waals surface area contributed by atoms with Gasteiger partial charge in [0, 0.05) is 23.9 Å².